The van der Waals surface area contributed by atoms with Gasteiger partial charge in [0.25, 0.3) is 5.91 Å². The van der Waals surface area contributed by atoms with Crippen molar-refractivity contribution in [1.82, 2.24) is 9.80 Å². The van der Waals surface area contributed by atoms with Crippen molar-refractivity contribution < 1.29 is 15.0 Å². The fraction of sp³-hybridized carbons (Fsp3) is 0.650. The van der Waals surface area contributed by atoms with Crippen LogP contribution in [0.25, 0.3) is 0 Å². The molecule has 0 unspecified atom stereocenters. The lowest BCUT2D eigenvalue weighted by atomic mass is 9.58. The highest BCUT2D eigenvalue weighted by atomic mass is 16.3. The third-order valence-corrected chi connectivity index (χ3v) is 6.79. The van der Waals surface area contributed by atoms with Gasteiger partial charge in [0.2, 0.25) is 0 Å². The Morgan fingerprint density at radius 1 is 0.960 bits per heavy atom. The first-order valence-corrected chi connectivity index (χ1v) is 9.55. The van der Waals surface area contributed by atoms with Crippen LogP contribution in [0.2, 0.25) is 0 Å². The predicted molar refractivity (Wildman–Crippen MR) is 95.2 cm³/mol. The van der Waals surface area contributed by atoms with Gasteiger partial charge in [-0.3, -0.25) is 4.79 Å². The summed E-state index contributed by atoms with van der Waals surface area (Å²) in [6, 6.07) is 10.0. The van der Waals surface area contributed by atoms with E-state index in [0.29, 0.717) is 12.5 Å². The molecule has 2 aliphatic heterocycles. The Labute approximate surface area is 149 Å². The van der Waals surface area contributed by atoms with Crippen LogP contribution in [-0.2, 0) is 0 Å². The number of nitrogens with zero attached hydrogens (tertiary/aromatic N) is 2. The maximum Gasteiger partial charge on any atom is 0.253 e. The second-order valence-corrected chi connectivity index (χ2v) is 7.93. The van der Waals surface area contributed by atoms with E-state index in [1.54, 1.807) is 0 Å². The van der Waals surface area contributed by atoms with E-state index in [1.165, 1.54) is 0 Å². The van der Waals surface area contributed by atoms with Gasteiger partial charge in [-0.1, -0.05) is 18.2 Å². The van der Waals surface area contributed by atoms with Crippen LogP contribution in [0.15, 0.2) is 30.3 Å². The summed E-state index contributed by atoms with van der Waals surface area (Å²) in [7, 11) is 0. The summed E-state index contributed by atoms with van der Waals surface area (Å²) in [5.74, 6) is 0.136. The maximum absolute atomic E-state index is 12.5. The summed E-state index contributed by atoms with van der Waals surface area (Å²) >= 11 is 0. The Bertz CT molecular complexity index is 595. The molecule has 1 aliphatic carbocycles. The molecule has 2 atom stereocenters. The molecule has 136 valence electrons. The number of aliphatic hydroxyl groups excluding tert-OH is 2. The van der Waals surface area contributed by atoms with E-state index in [4.69, 9.17) is 0 Å². The van der Waals surface area contributed by atoms with E-state index in [1.807, 2.05) is 35.2 Å². The van der Waals surface area contributed by atoms with Crippen LogP contribution < -0.4 is 0 Å². The summed E-state index contributed by atoms with van der Waals surface area (Å²) in [5.41, 5.74) is 0.536. The summed E-state index contributed by atoms with van der Waals surface area (Å²) < 4.78 is 0. The highest BCUT2D eigenvalue weighted by Gasteiger charge is 2.55. The predicted octanol–water partition coefficient (Wildman–Crippen LogP) is 1.50. The van der Waals surface area contributed by atoms with Gasteiger partial charge < -0.3 is 20.0 Å². The summed E-state index contributed by atoms with van der Waals surface area (Å²) in [5, 5.41) is 20.1. The molecule has 1 aromatic rings. The van der Waals surface area contributed by atoms with Crippen molar-refractivity contribution in [2.45, 2.75) is 50.4 Å². The Balaban J connectivity index is 1.29. The monoisotopic (exact) mass is 344 g/mol. The number of likely N-dealkylation sites (tertiary alicyclic amines) is 2. The van der Waals surface area contributed by atoms with E-state index >= 15 is 0 Å². The zero-order valence-corrected chi connectivity index (χ0v) is 14.7. The molecular weight excluding hydrogens is 316 g/mol. The van der Waals surface area contributed by atoms with Crippen molar-refractivity contribution in [3.8, 4) is 0 Å². The number of carbonyl (C=O) groups is 1. The number of rotatable bonds is 2. The number of benzene rings is 1. The van der Waals surface area contributed by atoms with E-state index in [-0.39, 0.29) is 23.5 Å². The van der Waals surface area contributed by atoms with Gasteiger partial charge in [-0.15, -0.1) is 0 Å². The summed E-state index contributed by atoms with van der Waals surface area (Å²) in [6.07, 6.45) is 3.69. The van der Waals surface area contributed by atoms with Crippen LogP contribution in [0.4, 0.5) is 0 Å². The second-order valence-electron chi connectivity index (χ2n) is 7.93. The molecule has 2 saturated heterocycles. The van der Waals surface area contributed by atoms with Gasteiger partial charge in [0.1, 0.15) is 0 Å². The van der Waals surface area contributed by atoms with Gasteiger partial charge in [0.05, 0.1) is 12.2 Å². The molecule has 0 radical (unpaired) electrons. The highest BCUT2D eigenvalue weighted by Crippen LogP contribution is 2.49. The number of piperidine rings is 2. The van der Waals surface area contributed by atoms with Gasteiger partial charge in [-0.2, -0.15) is 0 Å². The number of hydrogen-bond acceptors (Lipinski definition) is 4. The second kappa shape index (κ2) is 6.71. The van der Waals surface area contributed by atoms with Crippen LogP contribution in [0.5, 0.6) is 0 Å². The molecule has 3 aliphatic rings. The van der Waals surface area contributed by atoms with E-state index in [2.05, 4.69) is 4.90 Å². The van der Waals surface area contributed by atoms with Crippen molar-refractivity contribution in [2.24, 2.45) is 5.41 Å². The molecule has 0 aromatic heterocycles. The Kier molecular flexibility index (Phi) is 4.56. The van der Waals surface area contributed by atoms with E-state index < -0.39 is 0 Å². The molecule has 1 saturated carbocycles. The molecule has 2 N–H and O–H groups in total. The molecule has 1 amide bonds. The molecular formula is C20H28N2O3. The van der Waals surface area contributed by atoms with Crippen LogP contribution in [-0.4, -0.2) is 70.3 Å². The summed E-state index contributed by atoms with van der Waals surface area (Å²) in [6.45, 7) is 3.52. The number of hydrogen-bond donors (Lipinski definition) is 2. The first-order valence-electron chi connectivity index (χ1n) is 9.55. The van der Waals surface area contributed by atoms with Crippen LogP contribution in [0.1, 0.15) is 42.5 Å². The largest absolute Gasteiger partial charge is 0.392 e. The molecule has 3 fully saturated rings. The fourth-order valence-electron chi connectivity index (χ4n) is 4.91. The minimum absolute atomic E-state index is 0.136. The molecule has 25 heavy (non-hydrogen) atoms. The minimum atomic E-state index is -0.324. The number of aliphatic hydroxyl groups is 2. The quantitative estimate of drug-likeness (QED) is 0.853. The molecule has 5 nitrogen and oxygen atoms in total. The zero-order chi connectivity index (χ0) is 17.4. The van der Waals surface area contributed by atoms with Crippen LogP contribution in [0.3, 0.4) is 0 Å². The topological polar surface area (TPSA) is 64.0 Å². The average Bonchev–Trinajstić information content (AvgIpc) is 2.68. The lowest BCUT2D eigenvalue weighted by Crippen LogP contribution is -2.62. The first kappa shape index (κ1) is 17.0. The summed E-state index contributed by atoms with van der Waals surface area (Å²) in [4.78, 5) is 17.0. The van der Waals surface area contributed by atoms with Gasteiger partial charge >= 0.3 is 0 Å². The highest BCUT2D eigenvalue weighted by molar-refractivity contribution is 5.94. The van der Waals surface area contributed by atoms with Gasteiger partial charge in [0, 0.05) is 36.5 Å². The molecule has 0 bridgehead atoms. The van der Waals surface area contributed by atoms with Crippen LogP contribution in [0, 0.1) is 5.41 Å². The molecule has 1 spiro atoms. The minimum Gasteiger partial charge on any atom is -0.392 e. The van der Waals surface area contributed by atoms with Crippen LogP contribution >= 0.6 is 0 Å². The Morgan fingerprint density at radius 2 is 1.56 bits per heavy atom. The van der Waals surface area contributed by atoms with E-state index in [0.717, 1.165) is 57.4 Å². The molecule has 4 rings (SSSR count). The van der Waals surface area contributed by atoms with Crippen molar-refractivity contribution in [1.29, 1.82) is 0 Å². The zero-order valence-electron chi connectivity index (χ0n) is 14.7. The van der Waals surface area contributed by atoms with Gasteiger partial charge in [-0.05, 0) is 50.9 Å². The maximum atomic E-state index is 12.5. The van der Waals surface area contributed by atoms with Crippen molar-refractivity contribution in [2.75, 3.05) is 26.2 Å². The first-order chi connectivity index (χ1) is 12.1. The average molecular weight is 344 g/mol. The lowest BCUT2D eigenvalue weighted by Gasteiger charge is -2.56. The van der Waals surface area contributed by atoms with E-state index in [9.17, 15) is 15.0 Å². The lowest BCUT2D eigenvalue weighted by molar-refractivity contribution is -0.192. The van der Waals surface area contributed by atoms with Crippen molar-refractivity contribution >= 4 is 5.91 Å². The smallest absolute Gasteiger partial charge is 0.253 e. The molecule has 1 aromatic carbocycles. The Morgan fingerprint density at radius 3 is 2.12 bits per heavy atom. The number of amides is 1. The van der Waals surface area contributed by atoms with Crippen molar-refractivity contribution in [3.63, 3.8) is 0 Å². The SMILES string of the molecule is O=C(c1ccccc1)N1CCC(N2CCC3(CC2)[C@H](O)C[C@@H]3O)CC1. The standard InChI is InChI=1S/C20H28N2O3/c23-17-14-18(24)20(17)8-12-21(13-9-20)16-6-10-22(11-7-16)19(25)15-4-2-1-3-5-15/h1-5,16-18,23-24H,6-14H2/t17-,18+. The van der Waals surface area contributed by atoms with Gasteiger partial charge in [0.15, 0.2) is 0 Å². The molecule has 2 heterocycles. The van der Waals surface area contributed by atoms with Crippen molar-refractivity contribution in [3.05, 3.63) is 35.9 Å². The third-order valence-electron chi connectivity index (χ3n) is 6.79. The molecule has 5 heteroatoms. The fourth-order valence-corrected chi connectivity index (χ4v) is 4.91. The van der Waals surface area contributed by atoms with Gasteiger partial charge in [-0.25, -0.2) is 0 Å². The third kappa shape index (κ3) is 2.98. The Hall–Kier alpha value is -1.43. The normalized spacial score (nSPS) is 30.2. The number of carbonyl (C=O) groups excluding carboxylic acids is 1.